The van der Waals surface area contributed by atoms with Crippen LogP contribution in [0.3, 0.4) is 0 Å². The van der Waals surface area contributed by atoms with Crippen molar-refractivity contribution in [3.05, 3.63) is 41.7 Å². The highest BCUT2D eigenvalue weighted by Crippen LogP contribution is 2.06. The second-order valence-electron chi connectivity index (χ2n) is 3.12. The Morgan fingerprint density at radius 2 is 2.12 bits per heavy atom. The van der Waals surface area contributed by atoms with Gasteiger partial charge in [0.05, 0.1) is 0 Å². The van der Waals surface area contributed by atoms with Crippen molar-refractivity contribution in [3.8, 4) is 6.07 Å². The molecule has 0 radical (unpaired) electrons. The summed E-state index contributed by atoms with van der Waals surface area (Å²) in [5.74, 6) is -1.42. The number of nitriles is 1. The van der Waals surface area contributed by atoms with Crippen molar-refractivity contribution in [3.63, 3.8) is 0 Å². The molecule has 1 unspecified atom stereocenters. The Labute approximate surface area is 93.4 Å². The Morgan fingerprint density at radius 1 is 1.50 bits per heavy atom. The third-order valence-corrected chi connectivity index (χ3v) is 1.78. The highest BCUT2D eigenvalue weighted by molar-refractivity contribution is 5.91. The molecule has 1 aromatic rings. The molecule has 4 nitrogen and oxygen atoms in total. The van der Waals surface area contributed by atoms with Gasteiger partial charge in [-0.05, 0) is 18.6 Å². The molecular formula is C12H11NO3. The minimum atomic E-state index is -0.905. The highest BCUT2D eigenvalue weighted by atomic mass is 16.6. The van der Waals surface area contributed by atoms with Gasteiger partial charge >= 0.3 is 5.97 Å². The van der Waals surface area contributed by atoms with Crippen LogP contribution >= 0.6 is 0 Å². The van der Waals surface area contributed by atoms with Gasteiger partial charge in [-0.15, -0.1) is 0 Å². The fourth-order valence-corrected chi connectivity index (χ4v) is 1.01. The van der Waals surface area contributed by atoms with Crippen LogP contribution in [0.2, 0.25) is 0 Å². The van der Waals surface area contributed by atoms with Gasteiger partial charge in [-0.2, -0.15) is 5.26 Å². The molecule has 0 saturated heterocycles. The molecule has 0 amide bonds. The van der Waals surface area contributed by atoms with E-state index in [0.717, 1.165) is 0 Å². The molecule has 0 spiro atoms. The van der Waals surface area contributed by atoms with Gasteiger partial charge in [-0.1, -0.05) is 30.3 Å². The highest BCUT2D eigenvalue weighted by Gasteiger charge is 2.12. The number of carbonyl (C=O) groups is 1. The number of carbonyl (C=O) groups excluding carboxylic acids is 1. The molecule has 82 valence electrons. The third-order valence-electron chi connectivity index (χ3n) is 1.78. The number of aliphatic hydroxyl groups is 1. The van der Waals surface area contributed by atoms with E-state index in [2.05, 4.69) is 4.74 Å². The SMILES string of the molecule is CC(C#N)OC(=O)C(O)=Cc1ccccc1. The number of benzene rings is 1. The van der Waals surface area contributed by atoms with Gasteiger partial charge in [0.15, 0.2) is 6.10 Å². The van der Waals surface area contributed by atoms with Gasteiger partial charge in [0.2, 0.25) is 5.76 Å². The zero-order valence-corrected chi connectivity index (χ0v) is 8.75. The normalized spacial score (nSPS) is 12.6. The van der Waals surface area contributed by atoms with Crippen molar-refractivity contribution in [2.45, 2.75) is 13.0 Å². The van der Waals surface area contributed by atoms with Gasteiger partial charge < -0.3 is 9.84 Å². The lowest BCUT2D eigenvalue weighted by Crippen LogP contribution is -2.14. The standard InChI is InChI=1S/C12H11NO3/c1-9(8-13)16-12(15)11(14)7-10-5-3-2-4-6-10/h2-7,9,14H,1H3. The van der Waals surface area contributed by atoms with E-state index in [-0.39, 0.29) is 0 Å². The number of ether oxygens (including phenoxy) is 1. The monoisotopic (exact) mass is 217 g/mol. The summed E-state index contributed by atoms with van der Waals surface area (Å²) in [6, 6.07) is 10.6. The molecule has 0 aliphatic heterocycles. The minimum absolute atomic E-state index is 0.520. The predicted molar refractivity (Wildman–Crippen MR) is 58.2 cm³/mol. The zero-order chi connectivity index (χ0) is 12.0. The van der Waals surface area contributed by atoms with Gasteiger partial charge in [-0.25, -0.2) is 4.79 Å². The van der Waals surface area contributed by atoms with E-state index in [9.17, 15) is 9.90 Å². The first-order valence-corrected chi connectivity index (χ1v) is 4.70. The zero-order valence-electron chi connectivity index (χ0n) is 8.75. The Hall–Kier alpha value is -2.28. The van der Waals surface area contributed by atoms with Crippen molar-refractivity contribution in [2.75, 3.05) is 0 Å². The van der Waals surface area contributed by atoms with Crippen LogP contribution in [0.5, 0.6) is 0 Å². The molecule has 0 aromatic heterocycles. The largest absolute Gasteiger partial charge is 0.502 e. The van der Waals surface area contributed by atoms with Crippen LogP contribution in [0.1, 0.15) is 12.5 Å². The molecular weight excluding hydrogens is 206 g/mol. The first-order chi connectivity index (χ1) is 7.63. The molecule has 16 heavy (non-hydrogen) atoms. The van der Waals surface area contributed by atoms with Gasteiger partial charge in [-0.3, -0.25) is 0 Å². The molecule has 4 heteroatoms. The van der Waals surface area contributed by atoms with E-state index in [1.807, 2.05) is 6.07 Å². The molecule has 1 aromatic carbocycles. The average Bonchev–Trinajstić information content (AvgIpc) is 2.30. The molecule has 1 atom stereocenters. The van der Waals surface area contributed by atoms with Crippen molar-refractivity contribution in [1.82, 2.24) is 0 Å². The smallest absolute Gasteiger partial charge is 0.374 e. The summed E-state index contributed by atoms with van der Waals surface area (Å²) in [4.78, 5) is 11.2. The number of hydrogen-bond donors (Lipinski definition) is 1. The van der Waals surface area contributed by atoms with E-state index in [1.165, 1.54) is 13.0 Å². The van der Waals surface area contributed by atoms with Crippen molar-refractivity contribution >= 4 is 12.0 Å². The van der Waals surface area contributed by atoms with Gasteiger partial charge in [0, 0.05) is 0 Å². The first kappa shape index (κ1) is 11.8. The minimum Gasteiger partial charge on any atom is -0.502 e. The van der Waals surface area contributed by atoms with Crippen molar-refractivity contribution < 1.29 is 14.6 Å². The van der Waals surface area contributed by atoms with Crippen LogP contribution in [0.15, 0.2) is 36.1 Å². The summed E-state index contributed by atoms with van der Waals surface area (Å²) in [7, 11) is 0. The molecule has 0 heterocycles. The van der Waals surface area contributed by atoms with Gasteiger partial charge in [0.1, 0.15) is 6.07 Å². The fraction of sp³-hybridized carbons (Fsp3) is 0.167. The molecule has 0 aliphatic rings. The lowest BCUT2D eigenvalue weighted by Gasteiger charge is -2.04. The second-order valence-corrected chi connectivity index (χ2v) is 3.12. The van der Waals surface area contributed by atoms with E-state index < -0.39 is 17.8 Å². The number of aliphatic hydroxyl groups excluding tert-OH is 1. The van der Waals surface area contributed by atoms with Crippen LogP contribution in [0.4, 0.5) is 0 Å². The van der Waals surface area contributed by atoms with Crippen LogP contribution < -0.4 is 0 Å². The summed E-state index contributed by atoms with van der Waals surface area (Å²) in [6.07, 6.45) is 0.408. The Kier molecular flexibility index (Phi) is 4.10. The van der Waals surface area contributed by atoms with Crippen molar-refractivity contribution in [2.24, 2.45) is 0 Å². The average molecular weight is 217 g/mol. The summed E-state index contributed by atoms with van der Waals surface area (Å²) in [5.41, 5.74) is 0.682. The number of rotatable bonds is 3. The van der Waals surface area contributed by atoms with E-state index in [4.69, 9.17) is 5.26 Å². The fourth-order valence-electron chi connectivity index (χ4n) is 1.01. The second kappa shape index (κ2) is 5.56. The quantitative estimate of drug-likeness (QED) is 0.478. The van der Waals surface area contributed by atoms with Crippen LogP contribution in [-0.2, 0) is 9.53 Å². The lowest BCUT2D eigenvalue weighted by molar-refractivity contribution is -0.144. The van der Waals surface area contributed by atoms with Crippen LogP contribution in [0.25, 0.3) is 6.08 Å². The number of hydrogen-bond acceptors (Lipinski definition) is 4. The first-order valence-electron chi connectivity index (χ1n) is 4.70. The summed E-state index contributed by atoms with van der Waals surface area (Å²) >= 11 is 0. The van der Waals surface area contributed by atoms with Gasteiger partial charge in [0.25, 0.3) is 0 Å². The van der Waals surface area contributed by atoms with Crippen molar-refractivity contribution in [1.29, 1.82) is 5.26 Å². The molecule has 0 aliphatic carbocycles. The van der Waals surface area contributed by atoms with E-state index >= 15 is 0 Å². The number of nitrogens with zero attached hydrogens (tertiary/aromatic N) is 1. The van der Waals surface area contributed by atoms with E-state index in [1.54, 1.807) is 30.3 Å². The molecule has 0 bridgehead atoms. The maximum atomic E-state index is 11.2. The molecule has 0 saturated carbocycles. The molecule has 1 N–H and O–H groups in total. The predicted octanol–water partition coefficient (Wildman–Crippen LogP) is 2.04. The summed E-state index contributed by atoms with van der Waals surface area (Å²) in [6.45, 7) is 1.42. The topological polar surface area (TPSA) is 70.3 Å². The number of esters is 1. The Morgan fingerprint density at radius 3 is 2.69 bits per heavy atom. The van der Waals surface area contributed by atoms with Crippen LogP contribution in [0, 0.1) is 11.3 Å². The summed E-state index contributed by atoms with van der Waals surface area (Å²) < 4.78 is 4.62. The third kappa shape index (κ3) is 3.46. The lowest BCUT2D eigenvalue weighted by atomic mass is 10.2. The van der Waals surface area contributed by atoms with Crippen LogP contribution in [-0.4, -0.2) is 17.2 Å². The Balaban J connectivity index is 2.72. The molecule has 1 rings (SSSR count). The molecule has 0 fully saturated rings. The maximum absolute atomic E-state index is 11.2. The Bertz CT molecular complexity index is 431. The summed E-state index contributed by atoms with van der Waals surface area (Å²) in [5, 5.41) is 17.8. The van der Waals surface area contributed by atoms with E-state index in [0.29, 0.717) is 5.56 Å². The maximum Gasteiger partial charge on any atom is 0.374 e.